The second-order valence-electron chi connectivity index (χ2n) is 6.68. The molecule has 3 aromatic rings. The summed E-state index contributed by atoms with van der Waals surface area (Å²) in [5, 5.41) is 2.00. The minimum absolute atomic E-state index is 0.147. The molecule has 1 amide bonds. The average Bonchev–Trinajstić information content (AvgIpc) is 3.39. The quantitative estimate of drug-likeness (QED) is 0.693. The minimum atomic E-state index is -4.42. The zero-order chi connectivity index (χ0) is 19.7. The number of hydrogen-bond donors (Lipinski definition) is 1. The summed E-state index contributed by atoms with van der Waals surface area (Å²) in [6.45, 7) is 1.18. The van der Waals surface area contributed by atoms with Gasteiger partial charge < -0.3 is 9.88 Å². The SMILES string of the molecule is O=C(c1csc(-c2cccc(C(F)(F)F)c2)n1)N1CCCC(c2ncc[nH]2)C1. The van der Waals surface area contributed by atoms with Gasteiger partial charge in [-0.25, -0.2) is 9.97 Å². The summed E-state index contributed by atoms with van der Waals surface area (Å²) in [6, 6.07) is 4.99. The molecule has 146 valence electrons. The standard InChI is InChI=1S/C19H17F3N4OS/c20-19(21,22)14-5-1-3-12(9-14)17-25-15(11-28-17)18(27)26-8-2-4-13(10-26)16-23-6-7-24-16/h1,3,5-7,9,11,13H,2,4,8,10H2,(H,23,24). The molecule has 4 rings (SSSR count). The fourth-order valence-electron chi connectivity index (χ4n) is 3.38. The molecule has 1 aliphatic rings. The molecule has 2 aromatic heterocycles. The Balaban J connectivity index is 1.52. The number of alkyl halides is 3. The van der Waals surface area contributed by atoms with E-state index in [1.807, 2.05) is 0 Å². The highest BCUT2D eigenvalue weighted by Gasteiger charge is 2.31. The molecular weight excluding hydrogens is 389 g/mol. The maximum atomic E-state index is 12.9. The van der Waals surface area contributed by atoms with E-state index in [-0.39, 0.29) is 17.5 Å². The molecule has 1 atom stereocenters. The Hall–Kier alpha value is -2.68. The summed E-state index contributed by atoms with van der Waals surface area (Å²) >= 11 is 1.17. The molecule has 0 spiro atoms. The van der Waals surface area contributed by atoms with Gasteiger partial charge in [0.1, 0.15) is 16.5 Å². The second kappa shape index (κ2) is 7.38. The van der Waals surface area contributed by atoms with E-state index >= 15 is 0 Å². The minimum Gasteiger partial charge on any atom is -0.348 e. The highest BCUT2D eigenvalue weighted by Crippen LogP contribution is 2.33. The number of carbonyl (C=O) groups is 1. The molecule has 1 fully saturated rings. The zero-order valence-electron chi connectivity index (χ0n) is 14.7. The number of hydrogen-bond acceptors (Lipinski definition) is 4. The Kier molecular flexibility index (Phi) is 4.92. The monoisotopic (exact) mass is 406 g/mol. The third kappa shape index (κ3) is 3.80. The van der Waals surface area contributed by atoms with Crippen molar-refractivity contribution in [3.05, 3.63) is 59.1 Å². The van der Waals surface area contributed by atoms with E-state index < -0.39 is 11.7 Å². The average molecular weight is 406 g/mol. The zero-order valence-corrected chi connectivity index (χ0v) is 15.6. The lowest BCUT2D eigenvalue weighted by molar-refractivity contribution is -0.137. The van der Waals surface area contributed by atoms with Crippen molar-refractivity contribution in [3.8, 4) is 10.6 Å². The number of thiazole rings is 1. The van der Waals surface area contributed by atoms with Gasteiger partial charge in [0.2, 0.25) is 0 Å². The first kappa shape index (κ1) is 18.7. The van der Waals surface area contributed by atoms with Crippen LogP contribution in [0.25, 0.3) is 10.6 Å². The van der Waals surface area contributed by atoms with Crippen molar-refractivity contribution in [2.45, 2.75) is 24.9 Å². The van der Waals surface area contributed by atoms with Gasteiger partial charge in [-0.2, -0.15) is 13.2 Å². The number of imidazole rings is 1. The lowest BCUT2D eigenvalue weighted by Crippen LogP contribution is -2.39. The molecule has 1 saturated heterocycles. The Morgan fingerprint density at radius 2 is 2.18 bits per heavy atom. The molecule has 0 bridgehead atoms. The van der Waals surface area contributed by atoms with Crippen LogP contribution in [0.1, 0.15) is 40.6 Å². The van der Waals surface area contributed by atoms with Crippen LogP contribution in [0.15, 0.2) is 42.0 Å². The van der Waals surface area contributed by atoms with Gasteiger partial charge in [0.15, 0.2) is 0 Å². The largest absolute Gasteiger partial charge is 0.416 e. The van der Waals surface area contributed by atoms with E-state index in [1.54, 1.807) is 28.7 Å². The number of amides is 1. The normalized spacial score (nSPS) is 17.7. The van der Waals surface area contributed by atoms with Crippen LogP contribution < -0.4 is 0 Å². The molecule has 0 radical (unpaired) electrons. The van der Waals surface area contributed by atoms with Crippen molar-refractivity contribution in [2.24, 2.45) is 0 Å². The molecule has 1 aromatic carbocycles. The molecule has 1 aliphatic heterocycles. The van der Waals surface area contributed by atoms with Gasteiger partial charge in [-0.05, 0) is 25.0 Å². The van der Waals surface area contributed by atoms with Crippen molar-refractivity contribution in [3.63, 3.8) is 0 Å². The van der Waals surface area contributed by atoms with Gasteiger partial charge in [0, 0.05) is 42.3 Å². The Morgan fingerprint density at radius 3 is 2.93 bits per heavy atom. The second-order valence-corrected chi connectivity index (χ2v) is 7.54. The summed E-state index contributed by atoms with van der Waals surface area (Å²) in [7, 11) is 0. The summed E-state index contributed by atoms with van der Waals surface area (Å²) in [4.78, 5) is 26.3. The van der Waals surface area contributed by atoms with Crippen molar-refractivity contribution >= 4 is 17.2 Å². The number of rotatable bonds is 3. The first-order chi connectivity index (χ1) is 13.4. The number of carbonyl (C=O) groups excluding carboxylic acids is 1. The summed E-state index contributed by atoms with van der Waals surface area (Å²) in [5.41, 5.74) is -0.117. The van der Waals surface area contributed by atoms with Crippen LogP contribution in [-0.2, 0) is 6.18 Å². The Bertz CT molecular complexity index is 968. The van der Waals surface area contributed by atoms with Gasteiger partial charge in [0.05, 0.1) is 5.56 Å². The van der Waals surface area contributed by atoms with Gasteiger partial charge in [-0.3, -0.25) is 4.79 Å². The van der Waals surface area contributed by atoms with Crippen molar-refractivity contribution in [2.75, 3.05) is 13.1 Å². The summed E-state index contributed by atoms with van der Waals surface area (Å²) < 4.78 is 38.8. The third-order valence-corrected chi connectivity index (χ3v) is 5.67. The highest BCUT2D eigenvalue weighted by molar-refractivity contribution is 7.13. The fourth-order valence-corrected chi connectivity index (χ4v) is 4.17. The van der Waals surface area contributed by atoms with E-state index in [1.165, 1.54) is 17.4 Å². The first-order valence-corrected chi connectivity index (χ1v) is 9.71. The van der Waals surface area contributed by atoms with Gasteiger partial charge in [0.25, 0.3) is 5.91 Å². The lowest BCUT2D eigenvalue weighted by atomic mass is 9.97. The topological polar surface area (TPSA) is 61.9 Å². The Labute approximate surface area is 163 Å². The lowest BCUT2D eigenvalue weighted by Gasteiger charge is -2.31. The van der Waals surface area contributed by atoms with Crippen molar-refractivity contribution in [1.82, 2.24) is 19.9 Å². The number of piperidine rings is 1. The first-order valence-electron chi connectivity index (χ1n) is 8.83. The van der Waals surface area contributed by atoms with E-state index in [4.69, 9.17) is 0 Å². The third-order valence-electron chi connectivity index (χ3n) is 4.77. The molecule has 28 heavy (non-hydrogen) atoms. The van der Waals surface area contributed by atoms with Crippen LogP contribution in [-0.4, -0.2) is 38.8 Å². The van der Waals surface area contributed by atoms with Gasteiger partial charge >= 0.3 is 6.18 Å². The van der Waals surface area contributed by atoms with Crippen LogP contribution in [0.4, 0.5) is 13.2 Å². The van der Waals surface area contributed by atoms with Crippen molar-refractivity contribution in [1.29, 1.82) is 0 Å². The molecule has 9 heteroatoms. The molecule has 0 saturated carbocycles. The van der Waals surface area contributed by atoms with Crippen LogP contribution in [0, 0.1) is 0 Å². The van der Waals surface area contributed by atoms with Gasteiger partial charge in [-0.1, -0.05) is 12.1 Å². The number of benzene rings is 1. The van der Waals surface area contributed by atoms with E-state index in [2.05, 4.69) is 15.0 Å². The number of H-pyrrole nitrogens is 1. The molecule has 0 aliphatic carbocycles. The highest BCUT2D eigenvalue weighted by atomic mass is 32.1. The number of nitrogens with zero attached hydrogens (tertiary/aromatic N) is 3. The number of aromatic nitrogens is 3. The van der Waals surface area contributed by atoms with Gasteiger partial charge in [-0.15, -0.1) is 11.3 Å². The van der Waals surface area contributed by atoms with E-state index in [9.17, 15) is 18.0 Å². The molecule has 1 unspecified atom stereocenters. The van der Waals surface area contributed by atoms with E-state index in [0.717, 1.165) is 30.8 Å². The number of nitrogens with one attached hydrogen (secondary N) is 1. The summed E-state index contributed by atoms with van der Waals surface area (Å²) in [5.74, 6) is 0.806. The molecule has 1 N–H and O–H groups in total. The van der Waals surface area contributed by atoms with Crippen LogP contribution >= 0.6 is 11.3 Å². The molecule has 3 heterocycles. The van der Waals surface area contributed by atoms with E-state index in [0.29, 0.717) is 23.7 Å². The van der Waals surface area contributed by atoms with Crippen LogP contribution in [0.5, 0.6) is 0 Å². The maximum Gasteiger partial charge on any atom is 0.416 e. The van der Waals surface area contributed by atoms with Crippen molar-refractivity contribution < 1.29 is 18.0 Å². The molecule has 5 nitrogen and oxygen atoms in total. The maximum absolute atomic E-state index is 12.9. The number of aromatic amines is 1. The number of likely N-dealkylation sites (tertiary alicyclic amines) is 1. The predicted molar refractivity (Wildman–Crippen MR) is 99.0 cm³/mol. The number of halogens is 3. The smallest absolute Gasteiger partial charge is 0.348 e. The predicted octanol–water partition coefficient (Wildman–Crippen LogP) is 4.57. The van der Waals surface area contributed by atoms with Crippen LogP contribution in [0.3, 0.4) is 0 Å². The summed E-state index contributed by atoms with van der Waals surface area (Å²) in [6.07, 6.45) is 0.849. The molecular formula is C19H17F3N4OS. The fraction of sp³-hybridized carbons (Fsp3) is 0.316. The van der Waals surface area contributed by atoms with Crippen LogP contribution in [0.2, 0.25) is 0 Å². The Morgan fingerprint density at radius 1 is 1.32 bits per heavy atom.